The number of aliphatic hydroxyl groups is 1. The third kappa shape index (κ3) is 4.81. The van der Waals surface area contributed by atoms with E-state index >= 15 is 0 Å². The topological polar surface area (TPSA) is 20.2 Å². The predicted octanol–water partition coefficient (Wildman–Crippen LogP) is 4.32. The van der Waals surface area contributed by atoms with Gasteiger partial charge in [-0.15, -0.1) is 0 Å². The van der Waals surface area contributed by atoms with Crippen molar-refractivity contribution in [3.05, 3.63) is 35.4 Å². The molecule has 0 spiro atoms. The van der Waals surface area contributed by atoms with Crippen molar-refractivity contribution in [2.24, 2.45) is 5.92 Å². The minimum atomic E-state index is -0.208. The van der Waals surface area contributed by atoms with Gasteiger partial charge in [0, 0.05) is 0 Å². The Morgan fingerprint density at radius 2 is 1.67 bits per heavy atom. The maximum Gasteiger partial charge on any atom is 0.0583 e. The fraction of sp³-hybridized carbons (Fsp3) is 0.647. The fourth-order valence-electron chi connectivity index (χ4n) is 2.13. The lowest BCUT2D eigenvalue weighted by atomic mass is 9.86. The second-order valence-electron chi connectivity index (χ2n) is 6.55. The summed E-state index contributed by atoms with van der Waals surface area (Å²) >= 11 is 0. The van der Waals surface area contributed by atoms with Gasteiger partial charge in [0.2, 0.25) is 0 Å². The molecule has 0 aliphatic carbocycles. The van der Waals surface area contributed by atoms with E-state index in [9.17, 15) is 5.11 Å². The summed E-state index contributed by atoms with van der Waals surface area (Å²) in [7, 11) is 0. The van der Waals surface area contributed by atoms with Gasteiger partial charge in [0.25, 0.3) is 0 Å². The van der Waals surface area contributed by atoms with E-state index in [4.69, 9.17) is 0 Å². The lowest BCUT2D eigenvalue weighted by Gasteiger charge is -2.20. The van der Waals surface area contributed by atoms with Gasteiger partial charge in [-0.3, -0.25) is 0 Å². The maximum atomic E-state index is 10.0. The van der Waals surface area contributed by atoms with Crippen LogP contribution in [-0.2, 0) is 11.8 Å². The van der Waals surface area contributed by atoms with Crippen LogP contribution in [0.1, 0.15) is 58.6 Å². The van der Waals surface area contributed by atoms with Crippen LogP contribution in [0.2, 0.25) is 0 Å². The van der Waals surface area contributed by atoms with Crippen LogP contribution in [0.4, 0.5) is 0 Å². The van der Waals surface area contributed by atoms with Gasteiger partial charge in [0.1, 0.15) is 0 Å². The molecule has 0 aliphatic rings. The Bertz CT molecular complexity index is 345. The molecule has 1 aromatic rings. The van der Waals surface area contributed by atoms with Crippen LogP contribution < -0.4 is 0 Å². The minimum absolute atomic E-state index is 0.202. The molecular formula is C17H28O. The van der Waals surface area contributed by atoms with Crippen molar-refractivity contribution >= 4 is 0 Å². The molecule has 0 amide bonds. The van der Waals surface area contributed by atoms with E-state index in [0.717, 1.165) is 19.3 Å². The van der Waals surface area contributed by atoms with Crippen molar-refractivity contribution in [1.29, 1.82) is 0 Å². The van der Waals surface area contributed by atoms with E-state index < -0.39 is 0 Å². The molecule has 102 valence electrons. The van der Waals surface area contributed by atoms with Crippen molar-refractivity contribution in [2.45, 2.75) is 65.4 Å². The van der Waals surface area contributed by atoms with E-state index in [1.807, 2.05) is 0 Å². The molecule has 0 heterocycles. The lowest BCUT2D eigenvalue weighted by Crippen LogP contribution is -2.15. The highest BCUT2D eigenvalue weighted by Crippen LogP contribution is 2.23. The quantitative estimate of drug-likeness (QED) is 0.822. The lowest BCUT2D eigenvalue weighted by molar-refractivity contribution is 0.144. The van der Waals surface area contributed by atoms with Crippen LogP contribution >= 0.6 is 0 Å². The van der Waals surface area contributed by atoms with Gasteiger partial charge in [0.05, 0.1) is 6.10 Å². The minimum Gasteiger partial charge on any atom is -0.393 e. The molecule has 18 heavy (non-hydrogen) atoms. The van der Waals surface area contributed by atoms with Crippen LogP contribution in [0.25, 0.3) is 0 Å². The monoisotopic (exact) mass is 248 g/mol. The first-order valence-corrected chi connectivity index (χ1v) is 7.10. The number of hydrogen-bond acceptors (Lipinski definition) is 1. The van der Waals surface area contributed by atoms with Crippen molar-refractivity contribution in [3.63, 3.8) is 0 Å². The molecule has 0 aromatic heterocycles. The summed E-state index contributed by atoms with van der Waals surface area (Å²) in [5, 5.41) is 10.0. The van der Waals surface area contributed by atoms with Crippen molar-refractivity contribution in [2.75, 3.05) is 0 Å². The SMILES string of the molecule is CCC(C)CC(O)Cc1ccc(C(C)(C)C)cc1. The zero-order valence-corrected chi connectivity index (χ0v) is 12.5. The molecule has 1 N–H and O–H groups in total. The normalized spacial score (nSPS) is 15.4. The number of rotatable bonds is 5. The summed E-state index contributed by atoms with van der Waals surface area (Å²) in [6.07, 6.45) is 2.60. The third-order valence-corrected chi connectivity index (χ3v) is 3.66. The van der Waals surface area contributed by atoms with Crippen LogP contribution in [0, 0.1) is 5.92 Å². The second-order valence-corrected chi connectivity index (χ2v) is 6.55. The fourth-order valence-corrected chi connectivity index (χ4v) is 2.13. The number of aliphatic hydroxyl groups excluding tert-OH is 1. The average Bonchev–Trinajstić information content (AvgIpc) is 2.28. The van der Waals surface area contributed by atoms with E-state index in [2.05, 4.69) is 58.9 Å². The highest BCUT2D eigenvalue weighted by Gasteiger charge is 2.14. The third-order valence-electron chi connectivity index (χ3n) is 3.66. The molecule has 1 rings (SSSR count). The zero-order valence-electron chi connectivity index (χ0n) is 12.5. The molecule has 0 radical (unpaired) electrons. The Kier molecular flexibility index (Phi) is 5.40. The molecule has 2 unspecified atom stereocenters. The first-order chi connectivity index (χ1) is 8.32. The Balaban J connectivity index is 2.58. The highest BCUT2D eigenvalue weighted by atomic mass is 16.3. The summed E-state index contributed by atoms with van der Waals surface area (Å²) in [5.74, 6) is 0.605. The molecule has 0 saturated carbocycles. The van der Waals surface area contributed by atoms with E-state index in [1.54, 1.807) is 0 Å². The highest BCUT2D eigenvalue weighted by molar-refractivity contribution is 5.27. The van der Waals surface area contributed by atoms with Crippen LogP contribution in [0.5, 0.6) is 0 Å². The van der Waals surface area contributed by atoms with Gasteiger partial charge in [-0.2, -0.15) is 0 Å². The van der Waals surface area contributed by atoms with Gasteiger partial charge in [0.15, 0.2) is 0 Å². The Morgan fingerprint density at radius 3 is 2.11 bits per heavy atom. The molecule has 1 heteroatoms. The molecule has 0 aliphatic heterocycles. The Morgan fingerprint density at radius 1 is 1.11 bits per heavy atom. The summed E-state index contributed by atoms with van der Waals surface area (Å²) < 4.78 is 0. The smallest absolute Gasteiger partial charge is 0.0583 e. The number of benzene rings is 1. The molecule has 1 aromatic carbocycles. The zero-order chi connectivity index (χ0) is 13.8. The van der Waals surface area contributed by atoms with Gasteiger partial charge < -0.3 is 5.11 Å². The molecule has 0 saturated heterocycles. The van der Waals surface area contributed by atoms with Gasteiger partial charge in [-0.25, -0.2) is 0 Å². The maximum absolute atomic E-state index is 10.0. The Labute approximate surface area is 112 Å². The van der Waals surface area contributed by atoms with E-state index in [-0.39, 0.29) is 11.5 Å². The number of hydrogen-bond donors (Lipinski definition) is 1. The average molecular weight is 248 g/mol. The van der Waals surface area contributed by atoms with Crippen LogP contribution in [0.3, 0.4) is 0 Å². The predicted molar refractivity (Wildman–Crippen MR) is 78.9 cm³/mol. The van der Waals surface area contributed by atoms with Gasteiger partial charge >= 0.3 is 0 Å². The summed E-state index contributed by atoms with van der Waals surface area (Å²) in [6, 6.07) is 8.68. The summed E-state index contributed by atoms with van der Waals surface area (Å²) in [5.41, 5.74) is 2.79. The molecule has 1 nitrogen and oxygen atoms in total. The Hall–Kier alpha value is -0.820. The molecule has 2 atom stereocenters. The van der Waals surface area contributed by atoms with E-state index in [0.29, 0.717) is 5.92 Å². The second kappa shape index (κ2) is 6.38. The molecule has 0 fully saturated rings. The summed E-state index contributed by atoms with van der Waals surface area (Å²) in [6.45, 7) is 11.0. The van der Waals surface area contributed by atoms with Crippen LogP contribution in [-0.4, -0.2) is 11.2 Å². The standard InChI is InChI=1S/C17H28O/c1-6-13(2)11-16(18)12-14-7-9-15(10-8-14)17(3,4)5/h7-10,13,16,18H,6,11-12H2,1-5H3. The first kappa shape index (κ1) is 15.2. The summed E-state index contributed by atoms with van der Waals surface area (Å²) in [4.78, 5) is 0. The van der Waals surface area contributed by atoms with E-state index in [1.165, 1.54) is 11.1 Å². The molecule has 0 bridgehead atoms. The first-order valence-electron chi connectivity index (χ1n) is 7.10. The molecular weight excluding hydrogens is 220 g/mol. The van der Waals surface area contributed by atoms with Gasteiger partial charge in [-0.05, 0) is 35.3 Å². The van der Waals surface area contributed by atoms with Crippen LogP contribution in [0.15, 0.2) is 24.3 Å². The van der Waals surface area contributed by atoms with Crippen molar-refractivity contribution in [3.8, 4) is 0 Å². The van der Waals surface area contributed by atoms with Crippen molar-refractivity contribution < 1.29 is 5.11 Å². The van der Waals surface area contributed by atoms with Crippen molar-refractivity contribution in [1.82, 2.24) is 0 Å². The largest absolute Gasteiger partial charge is 0.393 e. The van der Waals surface area contributed by atoms with Gasteiger partial charge in [-0.1, -0.05) is 65.3 Å².